The van der Waals surface area contributed by atoms with Crippen LogP contribution < -0.4 is 14.8 Å². The van der Waals surface area contributed by atoms with Crippen LogP contribution in [0.25, 0.3) is 0 Å². The maximum absolute atomic E-state index is 13.7. The predicted octanol–water partition coefficient (Wildman–Crippen LogP) is 3.16. The summed E-state index contributed by atoms with van der Waals surface area (Å²) in [6.07, 6.45) is 0. The van der Waals surface area contributed by atoms with Gasteiger partial charge < -0.3 is 14.8 Å². The van der Waals surface area contributed by atoms with E-state index in [2.05, 4.69) is 5.32 Å². The molecule has 4 nitrogen and oxygen atoms in total. The third-order valence-corrected chi connectivity index (χ3v) is 3.10. The normalized spacial score (nSPS) is 10.1. The number of halogens is 1. The molecule has 0 aliphatic carbocycles. The number of carbonyl (C=O) groups is 1. The second kappa shape index (κ2) is 7.45. The van der Waals surface area contributed by atoms with Gasteiger partial charge in [0.1, 0.15) is 5.75 Å². The van der Waals surface area contributed by atoms with Crippen LogP contribution in [0.2, 0.25) is 0 Å². The molecule has 1 amide bonds. The molecular formula is C17H18FNO3. The van der Waals surface area contributed by atoms with Gasteiger partial charge in [-0.15, -0.1) is 0 Å². The largest absolute Gasteiger partial charge is 0.496 e. The van der Waals surface area contributed by atoms with Gasteiger partial charge in [0.05, 0.1) is 19.3 Å². The smallest absolute Gasteiger partial charge is 0.255 e. The Balaban J connectivity index is 2.03. The first-order chi connectivity index (χ1) is 10.7. The highest BCUT2D eigenvalue weighted by molar-refractivity contribution is 5.96. The van der Waals surface area contributed by atoms with Crippen LogP contribution in [0.4, 0.5) is 4.39 Å². The van der Waals surface area contributed by atoms with Gasteiger partial charge >= 0.3 is 0 Å². The summed E-state index contributed by atoms with van der Waals surface area (Å²) in [4.78, 5) is 12.1. The Hall–Kier alpha value is -2.56. The Morgan fingerprint density at radius 3 is 2.64 bits per heavy atom. The molecule has 0 aromatic heterocycles. The summed E-state index contributed by atoms with van der Waals surface area (Å²) in [5, 5.41) is 2.74. The fraction of sp³-hybridized carbons (Fsp3) is 0.235. The minimum Gasteiger partial charge on any atom is -0.496 e. The number of amides is 1. The molecule has 0 unspecified atom stereocenters. The zero-order chi connectivity index (χ0) is 15.9. The molecule has 1 N–H and O–H groups in total. The van der Waals surface area contributed by atoms with Crippen LogP contribution in [0, 0.1) is 5.82 Å². The summed E-state index contributed by atoms with van der Waals surface area (Å²) in [5.41, 5.74) is 1.10. The Morgan fingerprint density at radius 1 is 1.18 bits per heavy atom. The van der Waals surface area contributed by atoms with Crippen molar-refractivity contribution in [3.05, 3.63) is 59.4 Å². The Labute approximate surface area is 128 Å². The molecule has 2 aromatic rings. The van der Waals surface area contributed by atoms with Crippen LogP contribution in [0.5, 0.6) is 11.5 Å². The van der Waals surface area contributed by atoms with Crippen LogP contribution in [-0.2, 0) is 6.54 Å². The van der Waals surface area contributed by atoms with Crippen molar-refractivity contribution in [1.29, 1.82) is 0 Å². The highest BCUT2D eigenvalue weighted by Crippen LogP contribution is 2.19. The first-order valence-corrected chi connectivity index (χ1v) is 6.98. The van der Waals surface area contributed by atoms with Crippen LogP contribution in [0.3, 0.4) is 0 Å². The van der Waals surface area contributed by atoms with Crippen molar-refractivity contribution in [3.63, 3.8) is 0 Å². The van der Waals surface area contributed by atoms with Gasteiger partial charge in [-0.05, 0) is 36.8 Å². The molecule has 116 valence electrons. The number of para-hydroxylation sites is 1. The van der Waals surface area contributed by atoms with Crippen molar-refractivity contribution in [2.24, 2.45) is 0 Å². The van der Waals surface area contributed by atoms with E-state index in [1.165, 1.54) is 13.2 Å². The molecule has 0 radical (unpaired) electrons. The number of hydrogen-bond acceptors (Lipinski definition) is 3. The molecule has 0 bridgehead atoms. The van der Waals surface area contributed by atoms with E-state index < -0.39 is 5.82 Å². The second-order valence-corrected chi connectivity index (χ2v) is 4.58. The Kier molecular flexibility index (Phi) is 5.36. The number of carbonyl (C=O) groups excluding carboxylic acids is 1. The van der Waals surface area contributed by atoms with Gasteiger partial charge in [-0.2, -0.15) is 0 Å². The molecule has 0 atom stereocenters. The molecular weight excluding hydrogens is 285 g/mol. The van der Waals surface area contributed by atoms with E-state index in [4.69, 9.17) is 9.47 Å². The Morgan fingerprint density at radius 2 is 1.95 bits per heavy atom. The first-order valence-electron chi connectivity index (χ1n) is 6.98. The van der Waals surface area contributed by atoms with E-state index in [1.54, 1.807) is 43.3 Å². The molecule has 22 heavy (non-hydrogen) atoms. The van der Waals surface area contributed by atoms with E-state index >= 15 is 0 Å². The van der Waals surface area contributed by atoms with Gasteiger partial charge in [-0.25, -0.2) is 4.39 Å². The van der Waals surface area contributed by atoms with Gasteiger partial charge in [0.2, 0.25) is 0 Å². The quantitative estimate of drug-likeness (QED) is 0.891. The van der Waals surface area contributed by atoms with Gasteiger partial charge in [-0.1, -0.05) is 18.2 Å². The number of ether oxygens (including phenoxy) is 2. The fourth-order valence-corrected chi connectivity index (χ4v) is 2.04. The SMILES string of the molecule is CCOc1ccc(CNC(=O)c2ccccc2OC)cc1F. The molecule has 0 saturated carbocycles. The molecule has 2 aromatic carbocycles. The molecule has 0 fully saturated rings. The van der Waals surface area contributed by atoms with E-state index in [-0.39, 0.29) is 18.2 Å². The lowest BCUT2D eigenvalue weighted by molar-refractivity contribution is 0.0948. The zero-order valence-electron chi connectivity index (χ0n) is 12.6. The molecule has 5 heteroatoms. The van der Waals surface area contributed by atoms with Crippen molar-refractivity contribution in [3.8, 4) is 11.5 Å². The van der Waals surface area contributed by atoms with E-state index in [9.17, 15) is 9.18 Å². The van der Waals surface area contributed by atoms with Crippen LogP contribution >= 0.6 is 0 Å². The highest BCUT2D eigenvalue weighted by Gasteiger charge is 2.11. The summed E-state index contributed by atoms with van der Waals surface area (Å²) in [5.74, 6) is -0.00203. The van der Waals surface area contributed by atoms with Crippen LogP contribution in [0.1, 0.15) is 22.8 Å². The van der Waals surface area contributed by atoms with E-state index in [1.807, 2.05) is 0 Å². The average Bonchev–Trinajstić information content (AvgIpc) is 2.55. The minimum absolute atomic E-state index is 0.210. The summed E-state index contributed by atoms with van der Waals surface area (Å²) < 4.78 is 24.0. The maximum Gasteiger partial charge on any atom is 0.255 e. The zero-order valence-corrected chi connectivity index (χ0v) is 12.6. The van der Waals surface area contributed by atoms with E-state index in [0.29, 0.717) is 23.5 Å². The number of benzene rings is 2. The van der Waals surface area contributed by atoms with Crippen LogP contribution in [0.15, 0.2) is 42.5 Å². The molecule has 0 spiro atoms. The van der Waals surface area contributed by atoms with Crippen molar-refractivity contribution in [1.82, 2.24) is 5.32 Å². The number of methoxy groups -OCH3 is 1. The van der Waals surface area contributed by atoms with Crippen LogP contribution in [-0.4, -0.2) is 19.6 Å². The number of rotatable bonds is 6. The standard InChI is InChI=1S/C17H18FNO3/c1-3-22-16-9-8-12(10-14(16)18)11-19-17(20)13-6-4-5-7-15(13)21-2/h4-10H,3,11H2,1-2H3,(H,19,20). The lowest BCUT2D eigenvalue weighted by atomic mass is 10.1. The Bertz CT molecular complexity index is 658. The van der Waals surface area contributed by atoms with Gasteiger partial charge in [0.15, 0.2) is 11.6 Å². The minimum atomic E-state index is -0.439. The molecule has 2 rings (SSSR count). The number of hydrogen-bond donors (Lipinski definition) is 1. The summed E-state index contributed by atoms with van der Waals surface area (Å²) in [6, 6.07) is 11.6. The summed E-state index contributed by atoms with van der Waals surface area (Å²) >= 11 is 0. The molecule has 0 heterocycles. The number of nitrogens with one attached hydrogen (secondary N) is 1. The molecule has 0 saturated heterocycles. The first kappa shape index (κ1) is 15.8. The third-order valence-electron chi connectivity index (χ3n) is 3.10. The lowest BCUT2D eigenvalue weighted by Crippen LogP contribution is -2.23. The third kappa shape index (κ3) is 3.75. The maximum atomic E-state index is 13.7. The van der Waals surface area contributed by atoms with Crippen molar-refractivity contribution in [2.45, 2.75) is 13.5 Å². The van der Waals surface area contributed by atoms with Gasteiger partial charge in [0, 0.05) is 6.54 Å². The molecule has 0 aliphatic heterocycles. The molecule has 0 aliphatic rings. The monoisotopic (exact) mass is 303 g/mol. The predicted molar refractivity (Wildman–Crippen MR) is 81.7 cm³/mol. The van der Waals surface area contributed by atoms with Gasteiger partial charge in [0.25, 0.3) is 5.91 Å². The van der Waals surface area contributed by atoms with Crippen molar-refractivity contribution < 1.29 is 18.7 Å². The fourth-order valence-electron chi connectivity index (χ4n) is 2.04. The second-order valence-electron chi connectivity index (χ2n) is 4.58. The average molecular weight is 303 g/mol. The summed E-state index contributed by atoms with van der Waals surface area (Å²) in [7, 11) is 1.51. The van der Waals surface area contributed by atoms with Crippen molar-refractivity contribution in [2.75, 3.05) is 13.7 Å². The highest BCUT2D eigenvalue weighted by atomic mass is 19.1. The summed E-state index contributed by atoms with van der Waals surface area (Å²) in [6.45, 7) is 2.42. The van der Waals surface area contributed by atoms with Gasteiger partial charge in [-0.3, -0.25) is 4.79 Å². The van der Waals surface area contributed by atoms with E-state index in [0.717, 1.165) is 0 Å². The topological polar surface area (TPSA) is 47.6 Å². The van der Waals surface area contributed by atoms with Crippen molar-refractivity contribution >= 4 is 5.91 Å². The lowest BCUT2D eigenvalue weighted by Gasteiger charge is -2.10.